The van der Waals surface area contributed by atoms with Gasteiger partial charge in [0.2, 0.25) is 0 Å². The van der Waals surface area contributed by atoms with Gasteiger partial charge in [0.1, 0.15) is 11.1 Å². The van der Waals surface area contributed by atoms with Gasteiger partial charge in [-0.3, -0.25) is 4.98 Å². The van der Waals surface area contributed by atoms with Crippen molar-refractivity contribution in [1.82, 2.24) is 9.97 Å². The highest BCUT2D eigenvalue weighted by atomic mass is 16.3. The molecule has 1 unspecified atom stereocenters. The summed E-state index contributed by atoms with van der Waals surface area (Å²) in [5.74, 6) is 0.202. The first-order valence-electron chi connectivity index (χ1n) is 11.6. The summed E-state index contributed by atoms with van der Waals surface area (Å²) in [6.07, 6.45) is 1.97. The SMILES string of the molecule is Cc1cc(-c2ccc3oc4ccc(C(C)c5ccccc5)nc4c3c2)ncc1-c1ccccc1. The van der Waals surface area contributed by atoms with Crippen LogP contribution in [0.15, 0.2) is 108 Å². The Hall–Kier alpha value is -4.24. The zero-order valence-electron chi connectivity index (χ0n) is 19.2. The van der Waals surface area contributed by atoms with E-state index in [2.05, 4.69) is 86.6 Å². The number of furan rings is 1. The van der Waals surface area contributed by atoms with Gasteiger partial charge in [-0.05, 0) is 60.0 Å². The minimum atomic E-state index is 0.202. The number of aryl methyl sites for hydroxylation is 1. The lowest BCUT2D eigenvalue weighted by molar-refractivity contribution is 0.667. The minimum Gasteiger partial charge on any atom is -0.454 e. The van der Waals surface area contributed by atoms with E-state index in [1.165, 1.54) is 16.7 Å². The third kappa shape index (κ3) is 3.56. The number of fused-ring (bicyclic) bond motifs is 3. The number of pyridine rings is 2. The van der Waals surface area contributed by atoms with Crippen molar-refractivity contribution in [2.24, 2.45) is 0 Å². The van der Waals surface area contributed by atoms with Crippen molar-refractivity contribution in [3.05, 3.63) is 120 Å². The van der Waals surface area contributed by atoms with E-state index in [9.17, 15) is 0 Å². The van der Waals surface area contributed by atoms with Gasteiger partial charge in [0, 0.05) is 34.3 Å². The lowest BCUT2D eigenvalue weighted by Gasteiger charge is -2.11. The van der Waals surface area contributed by atoms with E-state index >= 15 is 0 Å². The molecule has 0 aliphatic rings. The molecular weight excluding hydrogens is 416 g/mol. The number of nitrogens with zero attached hydrogens (tertiary/aromatic N) is 2. The average Bonchev–Trinajstić information content (AvgIpc) is 3.26. The largest absolute Gasteiger partial charge is 0.454 e. The second-order valence-electron chi connectivity index (χ2n) is 8.78. The number of aromatic nitrogens is 2. The molecule has 3 nitrogen and oxygen atoms in total. The van der Waals surface area contributed by atoms with E-state index in [1.54, 1.807) is 0 Å². The third-order valence-electron chi connectivity index (χ3n) is 6.57. The lowest BCUT2D eigenvalue weighted by Crippen LogP contribution is -1.98. The molecule has 0 aliphatic heterocycles. The quantitative estimate of drug-likeness (QED) is 0.277. The molecule has 6 rings (SSSR count). The van der Waals surface area contributed by atoms with Crippen LogP contribution in [0.25, 0.3) is 44.5 Å². The van der Waals surface area contributed by atoms with Gasteiger partial charge in [0.15, 0.2) is 5.58 Å². The molecule has 0 saturated heterocycles. The van der Waals surface area contributed by atoms with Crippen LogP contribution in [0.5, 0.6) is 0 Å². The van der Waals surface area contributed by atoms with E-state index in [0.717, 1.165) is 44.6 Å². The molecule has 3 heterocycles. The maximum absolute atomic E-state index is 6.10. The third-order valence-corrected chi connectivity index (χ3v) is 6.57. The summed E-state index contributed by atoms with van der Waals surface area (Å²) in [5.41, 5.74) is 10.4. The summed E-state index contributed by atoms with van der Waals surface area (Å²) in [6, 6.07) is 33.4. The van der Waals surface area contributed by atoms with Crippen LogP contribution in [0, 0.1) is 6.92 Å². The van der Waals surface area contributed by atoms with Crippen LogP contribution in [0.2, 0.25) is 0 Å². The number of rotatable bonds is 4. The van der Waals surface area contributed by atoms with Crippen molar-refractivity contribution in [2.45, 2.75) is 19.8 Å². The molecule has 0 bridgehead atoms. The Morgan fingerprint density at radius 1 is 0.735 bits per heavy atom. The fourth-order valence-electron chi connectivity index (χ4n) is 4.61. The minimum absolute atomic E-state index is 0.202. The summed E-state index contributed by atoms with van der Waals surface area (Å²) in [4.78, 5) is 9.82. The molecule has 6 aromatic rings. The second kappa shape index (κ2) is 8.27. The number of hydrogen-bond donors (Lipinski definition) is 0. The Bertz CT molecular complexity index is 1620. The summed E-state index contributed by atoms with van der Waals surface area (Å²) < 4.78 is 6.10. The van der Waals surface area contributed by atoms with Crippen LogP contribution in [-0.2, 0) is 0 Å². The molecule has 0 aliphatic carbocycles. The van der Waals surface area contributed by atoms with Gasteiger partial charge < -0.3 is 4.42 Å². The molecule has 0 amide bonds. The van der Waals surface area contributed by atoms with Crippen molar-refractivity contribution in [3.8, 4) is 22.4 Å². The first-order chi connectivity index (χ1) is 16.7. The van der Waals surface area contributed by atoms with Gasteiger partial charge in [-0.1, -0.05) is 67.6 Å². The highest BCUT2D eigenvalue weighted by Gasteiger charge is 2.15. The molecule has 0 N–H and O–H groups in total. The van der Waals surface area contributed by atoms with Crippen molar-refractivity contribution in [1.29, 1.82) is 0 Å². The van der Waals surface area contributed by atoms with Gasteiger partial charge in [-0.25, -0.2) is 4.98 Å². The van der Waals surface area contributed by atoms with Crippen LogP contribution in [0.3, 0.4) is 0 Å². The molecule has 0 fully saturated rings. The summed E-state index contributed by atoms with van der Waals surface area (Å²) in [6.45, 7) is 4.33. The summed E-state index contributed by atoms with van der Waals surface area (Å²) >= 11 is 0. The predicted molar refractivity (Wildman–Crippen MR) is 139 cm³/mol. The standard InChI is InChI=1S/C31H24N2O/c1-20-17-28(32-19-26(20)23-11-7-4-8-12-23)24-13-15-29-25(18-24)31-30(34-29)16-14-27(33-31)21(2)22-9-5-3-6-10-22/h3-19,21H,1-2H3. The highest BCUT2D eigenvalue weighted by Crippen LogP contribution is 2.34. The van der Waals surface area contributed by atoms with Crippen LogP contribution in [0.4, 0.5) is 0 Å². The molecule has 34 heavy (non-hydrogen) atoms. The van der Waals surface area contributed by atoms with Crippen molar-refractivity contribution >= 4 is 22.1 Å². The molecular formula is C31H24N2O. The van der Waals surface area contributed by atoms with Gasteiger partial charge in [-0.15, -0.1) is 0 Å². The maximum Gasteiger partial charge on any atom is 0.153 e. The fraction of sp³-hybridized carbons (Fsp3) is 0.0968. The molecule has 0 radical (unpaired) electrons. The molecule has 0 saturated carbocycles. The highest BCUT2D eigenvalue weighted by molar-refractivity contribution is 6.04. The normalized spacial score (nSPS) is 12.3. The maximum atomic E-state index is 6.10. The Balaban J connectivity index is 1.42. The Kier molecular flexibility index (Phi) is 4.96. The number of benzene rings is 3. The van der Waals surface area contributed by atoms with Gasteiger partial charge in [0.25, 0.3) is 0 Å². The fourth-order valence-corrected chi connectivity index (χ4v) is 4.61. The number of hydrogen-bond acceptors (Lipinski definition) is 3. The van der Waals surface area contributed by atoms with E-state index in [4.69, 9.17) is 14.4 Å². The topological polar surface area (TPSA) is 38.9 Å². The Labute approximate surface area is 198 Å². The van der Waals surface area contributed by atoms with Gasteiger partial charge in [0.05, 0.1) is 5.69 Å². The van der Waals surface area contributed by atoms with Crippen molar-refractivity contribution in [3.63, 3.8) is 0 Å². The Morgan fingerprint density at radius 2 is 1.47 bits per heavy atom. The van der Waals surface area contributed by atoms with E-state index in [1.807, 2.05) is 30.5 Å². The van der Waals surface area contributed by atoms with Crippen LogP contribution < -0.4 is 0 Å². The average molecular weight is 441 g/mol. The van der Waals surface area contributed by atoms with Crippen molar-refractivity contribution in [2.75, 3.05) is 0 Å². The smallest absolute Gasteiger partial charge is 0.153 e. The lowest BCUT2D eigenvalue weighted by atomic mass is 9.97. The van der Waals surface area contributed by atoms with Gasteiger partial charge in [-0.2, -0.15) is 0 Å². The summed E-state index contributed by atoms with van der Waals surface area (Å²) in [7, 11) is 0. The van der Waals surface area contributed by atoms with Gasteiger partial charge >= 0.3 is 0 Å². The molecule has 0 spiro atoms. The van der Waals surface area contributed by atoms with Crippen LogP contribution in [0.1, 0.15) is 29.7 Å². The second-order valence-corrected chi connectivity index (χ2v) is 8.78. The first kappa shape index (κ1) is 20.4. The zero-order valence-corrected chi connectivity index (χ0v) is 19.2. The van der Waals surface area contributed by atoms with Crippen molar-refractivity contribution < 1.29 is 4.42 Å². The van der Waals surface area contributed by atoms with E-state index in [0.29, 0.717) is 0 Å². The molecule has 3 aromatic heterocycles. The predicted octanol–water partition coefficient (Wildman–Crippen LogP) is 8.17. The summed E-state index contributed by atoms with van der Waals surface area (Å²) in [5, 5.41) is 1.02. The van der Waals surface area contributed by atoms with Crippen LogP contribution >= 0.6 is 0 Å². The molecule has 3 heteroatoms. The zero-order chi connectivity index (χ0) is 23.1. The first-order valence-corrected chi connectivity index (χ1v) is 11.6. The van der Waals surface area contributed by atoms with E-state index < -0.39 is 0 Å². The molecule has 164 valence electrons. The monoisotopic (exact) mass is 440 g/mol. The van der Waals surface area contributed by atoms with E-state index in [-0.39, 0.29) is 5.92 Å². The Morgan fingerprint density at radius 3 is 2.24 bits per heavy atom. The molecule has 3 aromatic carbocycles. The molecule has 1 atom stereocenters. The van der Waals surface area contributed by atoms with Crippen LogP contribution in [-0.4, -0.2) is 9.97 Å².